The predicted octanol–water partition coefficient (Wildman–Crippen LogP) is 3.09. The fourth-order valence-electron chi connectivity index (χ4n) is 1.30. The van der Waals surface area contributed by atoms with Gasteiger partial charge in [-0.15, -0.1) is 0 Å². The summed E-state index contributed by atoms with van der Waals surface area (Å²) in [5.74, 6) is -0.393. The molecular weight excluding hydrogens is 204 g/mol. The minimum absolute atomic E-state index is 0.207. The maximum atomic E-state index is 11.2. The Labute approximate surface area is 98.8 Å². The smallest absolute Gasteiger partial charge is 0.330 e. The Balaban J connectivity index is 4.15. The molecule has 0 fully saturated rings. The number of ether oxygens (including phenoxy) is 2. The van der Waals surface area contributed by atoms with E-state index in [0.29, 0.717) is 6.61 Å². The Kier molecular flexibility index (Phi) is 7.06. The normalized spacial score (nSPS) is 16.2. The molecule has 3 heteroatoms. The van der Waals surface area contributed by atoms with Crippen molar-refractivity contribution in [2.45, 2.75) is 58.7 Å². The molecule has 3 nitrogen and oxygen atoms in total. The van der Waals surface area contributed by atoms with Crippen molar-refractivity contribution in [2.24, 2.45) is 0 Å². The Morgan fingerprint density at radius 2 is 2.12 bits per heavy atom. The third-order valence-corrected chi connectivity index (χ3v) is 2.63. The van der Waals surface area contributed by atoms with Gasteiger partial charge in [-0.3, -0.25) is 0 Å². The average Bonchev–Trinajstić information content (AvgIpc) is 2.27. The van der Waals surface area contributed by atoms with Crippen LogP contribution in [0.15, 0.2) is 12.7 Å². The molecule has 0 saturated carbocycles. The van der Waals surface area contributed by atoms with Crippen LogP contribution in [0, 0.1) is 0 Å². The molecule has 0 aliphatic heterocycles. The number of rotatable bonds is 8. The number of esters is 1. The quantitative estimate of drug-likeness (QED) is 0.473. The highest BCUT2D eigenvalue weighted by molar-refractivity contribution is 5.81. The van der Waals surface area contributed by atoms with E-state index in [-0.39, 0.29) is 6.10 Å². The molecule has 0 aliphatic carbocycles. The van der Waals surface area contributed by atoms with Crippen molar-refractivity contribution in [3.05, 3.63) is 12.7 Å². The van der Waals surface area contributed by atoms with Crippen LogP contribution >= 0.6 is 0 Å². The van der Waals surface area contributed by atoms with Crippen molar-refractivity contribution in [1.29, 1.82) is 0 Å². The van der Waals surface area contributed by atoms with E-state index < -0.39 is 11.6 Å². The molecule has 94 valence electrons. The fourth-order valence-corrected chi connectivity index (χ4v) is 1.30. The zero-order valence-corrected chi connectivity index (χ0v) is 10.9. The lowest BCUT2D eigenvalue weighted by Crippen LogP contribution is -2.37. The van der Waals surface area contributed by atoms with Crippen LogP contribution in [-0.4, -0.2) is 24.3 Å². The van der Waals surface area contributed by atoms with E-state index in [9.17, 15) is 4.79 Å². The summed E-state index contributed by atoms with van der Waals surface area (Å²) >= 11 is 0. The number of hydrogen-bond donors (Lipinski definition) is 0. The lowest BCUT2D eigenvalue weighted by Gasteiger charge is -2.29. The van der Waals surface area contributed by atoms with Gasteiger partial charge in [-0.05, 0) is 26.7 Å². The van der Waals surface area contributed by atoms with Crippen LogP contribution in [0.25, 0.3) is 0 Å². The first-order valence-corrected chi connectivity index (χ1v) is 5.94. The molecule has 16 heavy (non-hydrogen) atoms. The van der Waals surface area contributed by atoms with E-state index in [0.717, 1.165) is 19.3 Å². The molecule has 0 spiro atoms. The molecule has 0 aromatic heterocycles. The van der Waals surface area contributed by atoms with Gasteiger partial charge in [0.1, 0.15) is 5.60 Å². The van der Waals surface area contributed by atoms with Crippen LogP contribution in [0.3, 0.4) is 0 Å². The highest BCUT2D eigenvalue weighted by Gasteiger charge is 2.27. The molecule has 1 unspecified atom stereocenters. The van der Waals surface area contributed by atoms with Crippen LogP contribution in [0.1, 0.15) is 47.0 Å². The zero-order chi connectivity index (χ0) is 12.6. The van der Waals surface area contributed by atoms with Crippen molar-refractivity contribution >= 4 is 5.97 Å². The van der Waals surface area contributed by atoms with Crippen molar-refractivity contribution in [1.82, 2.24) is 0 Å². The zero-order valence-electron chi connectivity index (χ0n) is 10.9. The molecule has 0 radical (unpaired) electrons. The maximum absolute atomic E-state index is 11.2. The minimum atomic E-state index is -0.548. The van der Waals surface area contributed by atoms with Crippen LogP contribution in [0.2, 0.25) is 0 Å². The summed E-state index contributed by atoms with van der Waals surface area (Å²) in [6.07, 6.45) is 4.23. The van der Waals surface area contributed by atoms with Crippen molar-refractivity contribution in [2.75, 3.05) is 6.61 Å². The predicted molar refractivity (Wildman–Crippen MR) is 65.3 cm³/mol. The van der Waals surface area contributed by atoms with Crippen molar-refractivity contribution in [3.63, 3.8) is 0 Å². The largest absolute Gasteiger partial charge is 0.454 e. The van der Waals surface area contributed by atoms with Crippen LogP contribution in [0.5, 0.6) is 0 Å². The second-order valence-electron chi connectivity index (χ2n) is 4.34. The number of carbonyl (C=O) groups is 1. The number of carbonyl (C=O) groups excluding carboxylic acids is 1. The van der Waals surface area contributed by atoms with Crippen molar-refractivity contribution in [3.8, 4) is 0 Å². The van der Waals surface area contributed by atoms with Gasteiger partial charge >= 0.3 is 5.97 Å². The van der Waals surface area contributed by atoms with Gasteiger partial charge in [-0.25, -0.2) is 4.79 Å². The summed E-state index contributed by atoms with van der Waals surface area (Å²) in [4.78, 5) is 11.2. The second kappa shape index (κ2) is 7.44. The summed E-state index contributed by atoms with van der Waals surface area (Å²) < 4.78 is 11.0. The first-order valence-electron chi connectivity index (χ1n) is 5.94. The van der Waals surface area contributed by atoms with E-state index in [1.165, 1.54) is 6.08 Å². The molecule has 0 heterocycles. The minimum Gasteiger partial charge on any atom is -0.454 e. The van der Waals surface area contributed by atoms with Crippen molar-refractivity contribution < 1.29 is 14.3 Å². The Morgan fingerprint density at radius 3 is 2.56 bits per heavy atom. The summed E-state index contributed by atoms with van der Waals surface area (Å²) in [6.45, 7) is 11.8. The van der Waals surface area contributed by atoms with E-state index in [1.807, 2.05) is 20.8 Å². The standard InChI is InChI=1S/C13H24O3/c1-6-9-11(4)15-10-13(5,8-3)16-12(14)7-2/h7,11H,2,6,8-10H2,1,3-5H3/t11-,13?/m0/s1. The third-order valence-electron chi connectivity index (χ3n) is 2.63. The second-order valence-corrected chi connectivity index (χ2v) is 4.34. The van der Waals surface area contributed by atoms with Gasteiger partial charge in [0, 0.05) is 6.08 Å². The van der Waals surface area contributed by atoms with Gasteiger partial charge in [0.2, 0.25) is 0 Å². The Bertz CT molecular complexity index is 225. The SMILES string of the molecule is C=CC(=O)OC(C)(CC)CO[C@@H](C)CCC. The summed E-state index contributed by atoms with van der Waals surface area (Å²) in [5, 5.41) is 0. The summed E-state index contributed by atoms with van der Waals surface area (Å²) in [6, 6.07) is 0. The van der Waals surface area contributed by atoms with Crippen LogP contribution in [-0.2, 0) is 14.3 Å². The fraction of sp³-hybridized carbons (Fsp3) is 0.769. The van der Waals surface area contributed by atoms with Crippen LogP contribution in [0.4, 0.5) is 0 Å². The van der Waals surface area contributed by atoms with Crippen LogP contribution < -0.4 is 0 Å². The number of hydrogen-bond acceptors (Lipinski definition) is 3. The monoisotopic (exact) mass is 228 g/mol. The molecule has 0 amide bonds. The summed E-state index contributed by atoms with van der Waals surface area (Å²) in [5.41, 5.74) is -0.548. The highest BCUT2D eigenvalue weighted by atomic mass is 16.6. The highest BCUT2D eigenvalue weighted by Crippen LogP contribution is 2.17. The van der Waals surface area contributed by atoms with Gasteiger partial charge in [-0.2, -0.15) is 0 Å². The first-order chi connectivity index (χ1) is 7.47. The van der Waals surface area contributed by atoms with Gasteiger partial charge in [0.15, 0.2) is 0 Å². The lowest BCUT2D eigenvalue weighted by atomic mass is 10.0. The maximum Gasteiger partial charge on any atom is 0.330 e. The van der Waals surface area contributed by atoms with Gasteiger partial charge in [0.25, 0.3) is 0 Å². The third kappa shape index (κ3) is 5.91. The molecule has 0 saturated heterocycles. The Morgan fingerprint density at radius 1 is 1.50 bits per heavy atom. The molecule has 2 atom stereocenters. The first kappa shape index (κ1) is 15.2. The topological polar surface area (TPSA) is 35.5 Å². The van der Waals surface area contributed by atoms with Gasteiger partial charge in [-0.1, -0.05) is 26.8 Å². The molecule has 0 aromatic carbocycles. The molecule has 0 aromatic rings. The molecule has 0 bridgehead atoms. The van der Waals surface area contributed by atoms with E-state index in [2.05, 4.69) is 13.5 Å². The molecule has 0 aliphatic rings. The molecule has 0 rings (SSSR count). The van der Waals surface area contributed by atoms with E-state index in [4.69, 9.17) is 9.47 Å². The summed E-state index contributed by atoms with van der Waals surface area (Å²) in [7, 11) is 0. The van der Waals surface area contributed by atoms with Gasteiger partial charge < -0.3 is 9.47 Å². The van der Waals surface area contributed by atoms with Gasteiger partial charge in [0.05, 0.1) is 12.7 Å². The Hall–Kier alpha value is -0.830. The molecular formula is C13H24O3. The lowest BCUT2D eigenvalue weighted by molar-refractivity contribution is -0.161. The van der Waals surface area contributed by atoms with E-state index in [1.54, 1.807) is 0 Å². The molecule has 0 N–H and O–H groups in total. The average molecular weight is 228 g/mol. The van der Waals surface area contributed by atoms with E-state index >= 15 is 0 Å².